The molecule has 2 N–H and O–H groups in total. The van der Waals surface area contributed by atoms with E-state index in [4.69, 9.17) is 5.73 Å². The van der Waals surface area contributed by atoms with Gasteiger partial charge in [0.25, 0.3) is 10.0 Å². The minimum Gasteiger partial charge on any atom is -0.381 e. The summed E-state index contributed by atoms with van der Waals surface area (Å²) in [5.41, 5.74) is 5.66. The van der Waals surface area contributed by atoms with E-state index in [1.54, 1.807) is 18.8 Å². The molecule has 2 heterocycles. The van der Waals surface area contributed by atoms with Gasteiger partial charge in [-0.2, -0.15) is 16.1 Å². The van der Waals surface area contributed by atoms with E-state index in [0.29, 0.717) is 13.1 Å². The fraction of sp³-hybridized carbons (Fsp3) is 0.700. The van der Waals surface area contributed by atoms with Crippen molar-refractivity contribution in [2.75, 3.05) is 24.6 Å². The molecule has 1 fully saturated rings. The standard InChI is InChI=1S/C10H18N4O2S2/c1-10(2)6-14(4-5-17-10)18(15,16)9-8(11)12-7-13(9)3/h7H,4-6,11H2,1-3H3. The molecule has 0 saturated carbocycles. The number of sulfonamides is 1. The van der Waals surface area contributed by atoms with Crippen LogP contribution in [0.1, 0.15) is 13.8 Å². The van der Waals surface area contributed by atoms with E-state index in [9.17, 15) is 8.42 Å². The van der Waals surface area contributed by atoms with Gasteiger partial charge >= 0.3 is 0 Å². The van der Waals surface area contributed by atoms with E-state index in [2.05, 4.69) is 4.98 Å². The second-order valence-corrected chi connectivity index (χ2v) is 8.65. The molecule has 1 aromatic rings. The van der Waals surface area contributed by atoms with Gasteiger partial charge in [0.05, 0.1) is 6.33 Å². The van der Waals surface area contributed by atoms with Gasteiger partial charge in [0, 0.05) is 30.6 Å². The number of rotatable bonds is 2. The van der Waals surface area contributed by atoms with Crippen LogP contribution in [0.5, 0.6) is 0 Å². The van der Waals surface area contributed by atoms with E-state index < -0.39 is 10.0 Å². The number of aromatic nitrogens is 2. The van der Waals surface area contributed by atoms with Gasteiger partial charge in [-0.25, -0.2) is 13.4 Å². The minimum atomic E-state index is -3.56. The van der Waals surface area contributed by atoms with E-state index in [0.717, 1.165) is 5.75 Å². The Balaban J connectivity index is 2.38. The molecular weight excluding hydrogens is 272 g/mol. The summed E-state index contributed by atoms with van der Waals surface area (Å²) in [6, 6.07) is 0. The number of nitrogens with zero attached hydrogens (tertiary/aromatic N) is 3. The van der Waals surface area contributed by atoms with Crippen LogP contribution in [-0.2, 0) is 17.1 Å². The molecule has 1 aliphatic rings. The molecule has 0 aromatic carbocycles. The molecule has 1 aromatic heterocycles. The van der Waals surface area contributed by atoms with Crippen molar-refractivity contribution >= 4 is 27.6 Å². The first-order valence-electron chi connectivity index (χ1n) is 5.65. The average molecular weight is 290 g/mol. The first kappa shape index (κ1) is 13.7. The maximum atomic E-state index is 12.6. The van der Waals surface area contributed by atoms with Gasteiger partial charge in [0.1, 0.15) is 0 Å². The third-order valence-electron chi connectivity index (χ3n) is 2.88. The van der Waals surface area contributed by atoms with Crippen molar-refractivity contribution in [3.05, 3.63) is 6.33 Å². The molecule has 0 spiro atoms. The molecule has 1 aliphatic heterocycles. The molecule has 1 saturated heterocycles. The van der Waals surface area contributed by atoms with Crippen LogP contribution >= 0.6 is 11.8 Å². The molecule has 0 aliphatic carbocycles. The summed E-state index contributed by atoms with van der Waals surface area (Å²) in [6.45, 7) is 5.10. The highest BCUT2D eigenvalue weighted by Gasteiger charge is 2.37. The molecule has 0 unspecified atom stereocenters. The van der Waals surface area contributed by atoms with Crippen molar-refractivity contribution in [2.24, 2.45) is 7.05 Å². The number of anilines is 1. The smallest absolute Gasteiger partial charge is 0.262 e. The average Bonchev–Trinajstić information content (AvgIpc) is 2.57. The van der Waals surface area contributed by atoms with Crippen LogP contribution in [0, 0.1) is 0 Å². The highest BCUT2D eigenvalue weighted by atomic mass is 32.2. The van der Waals surface area contributed by atoms with Crippen LogP contribution in [0.15, 0.2) is 11.4 Å². The predicted molar refractivity (Wildman–Crippen MR) is 72.9 cm³/mol. The third kappa shape index (κ3) is 2.36. The number of nitrogens with two attached hydrogens (primary N) is 1. The van der Waals surface area contributed by atoms with Crippen molar-refractivity contribution in [1.82, 2.24) is 13.9 Å². The molecule has 102 valence electrons. The Labute approximate surface area is 112 Å². The lowest BCUT2D eigenvalue weighted by Crippen LogP contribution is -2.46. The van der Waals surface area contributed by atoms with Crippen molar-refractivity contribution in [2.45, 2.75) is 23.6 Å². The fourth-order valence-electron chi connectivity index (χ4n) is 2.05. The number of imidazole rings is 1. The Kier molecular flexibility index (Phi) is 3.37. The van der Waals surface area contributed by atoms with E-state index in [1.165, 1.54) is 15.2 Å². The number of aryl methyl sites for hydroxylation is 1. The first-order valence-corrected chi connectivity index (χ1v) is 8.07. The summed E-state index contributed by atoms with van der Waals surface area (Å²) in [5, 5.41) is 0.0881. The molecule has 6 nitrogen and oxygen atoms in total. The number of hydrogen-bond donors (Lipinski definition) is 1. The zero-order valence-electron chi connectivity index (χ0n) is 10.8. The van der Waals surface area contributed by atoms with E-state index >= 15 is 0 Å². The first-order chi connectivity index (χ1) is 8.24. The van der Waals surface area contributed by atoms with Crippen molar-refractivity contribution in [3.8, 4) is 0 Å². The lowest BCUT2D eigenvalue weighted by Gasteiger charge is -2.36. The Morgan fingerprint density at radius 2 is 2.17 bits per heavy atom. The zero-order valence-corrected chi connectivity index (χ0v) is 12.4. The van der Waals surface area contributed by atoms with Gasteiger partial charge in [-0.1, -0.05) is 0 Å². The van der Waals surface area contributed by atoms with Gasteiger partial charge in [-0.05, 0) is 13.8 Å². The Bertz CT molecular complexity index is 531. The van der Waals surface area contributed by atoms with Crippen molar-refractivity contribution < 1.29 is 8.42 Å². The van der Waals surface area contributed by atoms with Gasteiger partial charge in [-0.15, -0.1) is 0 Å². The molecule has 8 heteroatoms. The molecule has 0 radical (unpaired) electrons. The second-order valence-electron chi connectivity index (χ2n) is 4.99. The second kappa shape index (κ2) is 4.43. The summed E-state index contributed by atoms with van der Waals surface area (Å²) in [5.74, 6) is 0.859. The molecule has 2 rings (SSSR count). The van der Waals surface area contributed by atoms with Crippen LogP contribution in [0.4, 0.5) is 5.82 Å². The van der Waals surface area contributed by atoms with Crippen LogP contribution in [0.2, 0.25) is 0 Å². The SMILES string of the molecule is Cn1cnc(N)c1S(=O)(=O)N1CCSC(C)(C)C1. The Morgan fingerprint density at radius 3 is 2.67 bits per heavy atom. The number of thioether (sulfide) groups is 1. The summed E-state index contributed by atoms with van der Waals surface area (Å²) in [7, 11) is -1.92. The summed E-state index contributed by atoms with van der Waals surface area (Å²) >= 11 is 1.79. The van der Waals surface area contributed by atoms with E-state index in [-0.39, 0.29) is 15.6 Å². The minimum absolute atomic E-state index is 0.0635. The fourth-order valence-corrected chi connectivity index (χ4v) is 5.16. The van der Waals surface area contributed by atoms with Crippen LogP contribution in [-0.4, -0.2) is 45.9 Å². The number of hydrogen-bond acceptors (Lipinski definition) is 5. The van der Waals surface area contributed by atoms with Crippen LogP contribution in [0.3, 0.4) is 0 Å². The van der Waals surface area contributed by atoms with E-state index in [1.807, 2.05) is 13.8 Å². The van der Waals surface area contributed by atoms with Crippen molar-refractivity contribution in [1.29, 1.82) is 0 Å². The van der Waals surface area contributed by atoms with Gasteiger partial charge in [-0.3, -0.25) is 0 Å². The zero-order chi connectivity index (χ0) is 13.6. The van der Waals surface area contributed by atoms with Gasteiger partial charge in [0.2, 0.25) is 0 Å². The topological polar surface area (TPSA) is 81.2 Å². The monoisotopic (exact) mass is 290 g/mol. The predicted octanol–water partition coefficient (Wildman–Crippen LogP) is 0.518. The van der Waals surface area contributed by atoms with Crippen molar-refractivity contribution in [3.63, 3.8) is 0 Å². The number of nitrogen functional groups attached to an aromatic ring is 1. The maximum absolute atomic E-state index is 12.6. The Morgan fingerprint density at radius 1 is 1.50 bits per heavy atom. The quantitative estimate of drug-likeness (QED) is 0.858. The Hall–Kier alpha value is -0.730. The lowest BCUT2D eigenvalue weighted by atomic mass is 10.2. The third-order valence-corrected chi connectivity index (χ3v) is 6.16. The summed E-state index contributed by atoms with van der Waals surface area (Å²) in [6.07, 6.45) is 1.42. The maximum Gasteiger partial charge on any atom is 0.262 e. The normalized spacial score (nSPS) is 21.1. The molecule has 0 amide bonds. The lowest BCUT2D eigenvalue weighted by molar-refractivity contribution is 0.384. The molecule has 18 heavy (non-hydrogen) atoms. The molecule has 0 bridgehead atoms. The molecule has 0 atom stereocenters. The summed E-state index contributed by atoms with van der Waals surface area (Å²) < 4.78 is 28.0. The van der Waals surface area contributed by atoms with Crippen LogP contribution in [0.25, 0.3) is 0 Å². The van der Waals surface area contributed by atoms with Gasteiger partial charge in [0.15, 0.2) is 10.8 Å². The largest absolute Gasteiger partial charge is 0.381 e. The van der Waals surface area contributed by atoms with Crippen LogP contribution < -0.4 is 5.73 Å². The van der Waals surface area contributed by atoms with Gasteiger partial charge < -0.3 is 10.3 Å². The molecular formula is C10H18N4O2S2. The summed E-state index contributed by atoms with van der Waals surface area (Å²) in [4.78, 5) is 3.84. The highest BCUT2D eigenvalue weighted by Crippen LogP contribution is 2.33. The highest BCUT2D eigenvalue weighted by molar-refractivity contribution is 8.00.